The van der Waals surface area contributed by atoms with Crippen LogP contribution >= 0.6 is 22.7 Å². The third-order valence-electron chi connectivity index (χ3n) is 4.25. The largest absolute Gasteiger partial charge is 0.465 e. The number of amides is 1. The summed E-state index contributed by atoms with van der Waals surface area (Å²) in [5.41, 5.74) is -0.216. The molecule has 0 atom stereocenters. The maximum atomic E-state index is 12.7. The van der Waals surface area contributed by atoms with Crippen molar-refractivity contribution < 1.29 is 23.9 Å². The van der Waals surface area contributed by atoms with Crippen LogP contribution in [0.25, 0.3) is 10.4 Å². The maximum Gasteiger partial charge on any atom is 0.341 e. The lowest BCUT2D eigenvalue weighted by atomic mass is 10.1. The Morgan fingerprint density at radius 2 is 2.03 bits per heavy atom. The third kappa shape index (κ3) is 4.77. The first-order valence-electron chi connectivity index (χ1n) is 9.24. The van der Waals surface area contributed by atoms with E-state index in [2.05, 4.69) is 10.1 Å². The summed E-state index contributed by atoms with van der Waals surface area (Å²) >= 11 is 2.59. The molecule has 0 aliphatic heterocycles. The van der Waals surface area contributed by atoms with Crippen LogP contribution in [-0.2, 0) is 20.8 Å². The van der Waals surface area contributed by atoms with E-state index >= 15 is 0 Å². The van der Waals surface area contributed by atoms with E-state index in [1.54, 1.807) is 18.4 Å². The molecule has 0 spiro atoms. The summed E-state index contributed by atoms with van der Waals surface area (Å²) in [5, 5.41) is 15.7. The molecule has 3 aromatic rings. The number of nitrogens with one attached hydrogen (secondary N) is 1. The fourth-order valence-electron chi connectivity index (χ4n) is 2.85. The Morgan fingerprint density at radius 1 is 1.25 bits per heavy atom. The molecule has 0 bridgehead atoms. The van der Waals surface area contributed by atoms with Crippen molar-refractivity contribution in [2.75, 3.05) is 19.0 Å². The van der Waals surface area contributed by atoms with E-state index in [-0.39, 0.29) is 28.3 Å². The highest BCUT2D eigenvalue weighted by Crippen LogP contribution is 2.38. The monoisotopic (exact) mass is 471 g/mol. The van der Waals surface area contributed by atoms with E-state index in [1.165, 1.54) is 11.3 Å². The Bertz CT molecular complexity index is 1270. The van der Waals surface area contributed by atoms with Crippen molar-refractivity contribution >= 4 is 45.5 Å². The van der Waals surface area contributed by atoms with Crippen LogP contribution in [-0.4, -0.2) is 36.1 Å². The lowest BCUT2D eigenvalue weighted by molar-refractivity contribution is -0.116. The fraction of sp³-hybridized carbons (Fsp3) is 0.190. The number of hydrogen-bond acceptors (Lipinski definition) is 9. The number of methoxy groups -OCH3 is 1. The molecule has 9 nitrogen and oxygen atoms in total. The smallest absolute Gasteiger partial charge is 0.341 e. The van der Waals surface area contributed by atoms with E-state index in [4.69, 9.17) is 10.00 Å². The number of carbonyl (C=O) groups is 3. The predicted octanol–water partition coefficient (Wildman–Crippen LogP) is 3.11. The van der Waals surface area contributed by atoms with E-state index in [9.17, 15) is 19.2 Å². The Labute approximate surface area is 190 Å². The quantitative estimate of drug-likeness (QED) is 0.525. The van der Waals surface area contributed by atoms with Crippen LogP contribution < -0.4 is 10.9 Å². The number of nitrogens with zero attached hydrogens (tertiary/aromatic N) is 2. The molecule has 0 aliphatic carbocycles. The normalized spacial score (nSPS) is 10.3. The minimum atomic E-state index is -0.751. The highest BCUT2D eigenvalue weighted by atomic mass is 32.1. The first-order chi connectivity index (χ1) is 15.4. The summed E-state index contributed by atoms with van der Waals surface area (Å²) in [6.45, 7) is 1.37. The summed E-state index contributed by atoms with van der Waals surface area (Å²) in [4.78, 5) is 50.3. The first-order valence-corrected chi connectivity index (χ1v) is 11.0. The third-order valence-corrected chi connectivity index (χ3v) is 6.05. The van der Waals surface area contributed by atoms with E-state index in [0.29, 0.717) is 5.56 Å². The summed E-state index contributed by atoms with van der Waals surface area (Å²) in [6, 6.07) is 6.50. The minimum absolute atomic E-state index is 0.0419. The summed E-state index contributed by atoms with van der Waals surface area (Å²) in [6.07, 6.45) is 1.15. The van der Waals surface area contributed by atoms with Gasteiger partial charge in [-0.15, -0.1) is 22.7 Å². The summed E-state index contributed by atoms with van der Waals surface area (Å²) in [5.74, 6) is -1.95. The van der Waals surface area contributed by atoms with Gasteiger partial charge in [0.1, 0.15) is 28.7 Å². The van der Waals surface area contributed by atoms with Gasteiger partial charge < -0.3 is 19.4 Å². The first kappa shape index (κ1) is 22.9. The Kier molecular flexibility index (Phi) is 7.19. The predicted molar refractivity (Wildman–Crippen MR) is 119 cm³/mol. The molecule has 3 heterocycles. The van der Waals surface area contributed by atoms with Crippen molar-refractivity contribution in [1.29, 1.82) is 5.26 Å². The second kappa shape index (κ2) is 10.0. The van der Waals surface area contributed by atoms with Crippen molar-refractivity contribution in [1.82, 2.24) is 4.57 Å². The summed E-state index contributed by atoms with van der Waals surface area (Å²) < 4.78 is 10.7. The zero-order valence-electron chi connectivity index (χ0n) is 17.0. The molecule has 1 amide bonds. The standard InChI is InChI=1S/C21H17N3O6S2/c1-3-30-21(28)17-14(15-5-4-6-31-15)11-32-18(17)23-16(25)10-24-9-13(20(27)29-2)7-12(8-22)19(24)26/h4-7,9,11H,3,10H2,1-2H3,(H,23,25). The van der Waals surface area contributed by atoms with Crippen LogP contribution in [0.3, 0.4) is 0 Å². The van der Waals surface area contributed by atoms with Crippen molar-refractivity contribution in [2.45, 2.75) is 13.5 Å². The van der Waals surface area contributed by atoms with Crippen molar-refractivity contribution in [3.8, 4) is 16.5 Å². The van der Waals surface area contributed by atoms with Crippen LogP contribution in [0.5, 0.6) is 0 Å². The Morgan fingerprint density at radius 3 is 2.66 bits per heavy atom. The van der Waals surface area contributed by atoms with Crippen LogP contribution in [0, 0.1) is 11.3 Å². The van der Waals surface area contributed by atoms with Gasteiger partial charge in [-0.1, -0.05) is 6.07 Å². The van der Waals surface area contributed by atoms with Gasteiger partial charge >= 0.3 is 11.9 Å². The number of anilines is 1. The highest BCUT2D eigenvalue weighted by Gasteiger charge is 2.24. The molecule has 3 aromatic heterocycles. The van der Waals surface area contributed by atoms with Gasteiger partial charge in [0, 0.05) is 22.0 Å². The van der Waals surface area contributed by atoms with Gasteiger partial charge in [0.05, 0.1) is 19.3 Å². The average molecular weight is 472 g/mol. The number of ether oxygens (including phenoxy) is 2. The second-order valence-electron chi connectivity index (χ2n) is 6.28. The molecule has 1 N–H and O–H groups in total. The van der Waals surface area contributed by atoms with Crippen LogP contribution in [0.2, 0.25) is 0 Å². The molecule has 32 heavy (non-hydrogen) atoms. The number of nitriles is 1. The molecule has 0 unspecified atom stereocenters. The lowest BCUT2D eigenvalue weighted by Gasteiger charge is -2.10. The van der Waals surface area contributed by atoms with Crippen molar-refractivity contribution in [2.24, 2.45) is 0 Å². The molecule has 0 saturated heterocycles. The average Bonchev–Trinajstić information content (AvgIpc) is 3.44. The highest BCUT2D eigenvalue weighted by molar-refractivity contribution is 7.17. The van der Waals surface area contributed by atoms with Crippen molar-refractivity contribution in [3.63, 3.8) is 0 Å². The number of rotatable bonds is 7. The van der Waals surface area contributed by atoms with Crippen LogP contribution in [0.1, 0.15) is 33.2 Å². The maximum absolute atomic E-state index is 12.7. The van der Waals surface area contributed by atoms with E-state index in [1.807, 2.05) is 17.5 Å². The van der Waals surface area contributed by atoms with E-state index in [0.717, 1.165) is 40.2 Å². The molecular formula is C21H17N3O6S2. The molecular weight excluding hydrogens is 454 g/mol. The van der Waals surface area contributed by atoms with Gasteiger partial charge in [-0.05, 0) is 24.4 Å². The number of hydrogen-bond donors (Lipinski definition) is 1. The molecule has 0 fully saturated rings. The van der Waals surface area contributed by atoms with Gasteiger partial charge in [0.2, 0.25) is 5.91 Å². The van der Waals surface area contributed by atoms with Gasteiger partial charge in [0.15, 0.2) is 0 Å². The van der Waals surface area contributed by atoms with Gasteiger partial charge in [-0.3, -0.25) is 9.59 Å². The van der Waals surface area contributed by atoms with Gasteiger partial charge in [0.25, 0.3) is 5.56 Å². The Balaban J connectivity index is 1.92. The topological polar surface area (TPSA) is 127 Å². The Hall–Kier alpha value is -3.75. The van der Waals surface area contributed by atoms with Gasteiger partial charge in [-0.2, -0.15) is 5.26 Å². The van der Waals surface area contributed by atoms with E-state index < -0.39 is 29.9 Å². The molecule has 0 saturated carbocycles. The van der Waals surface area contributed by atoms with Crippen LogP contribution in [0.15, 0.2) is 40.0 Å². The van der Waals surface area contributed by atoms with Crippen LogP contribution in [0.4, 0.5) is 5.00 Å². The number of aromatic nitrogens is 1. The fourth-order valence-corrected chi connectivity index (χ4v) is 4.64. The van der Waals surface area contributed by atoms with Crippen molar-refractivity contribution in [3.05, 3.63) is 62.2 Å². The molecule has 3 rings (SSSR count). The molecule has 0 aliphatic rings. The second-order valence-corrected chi connectivity index (χ2v) is 8.11. The number of esters is 2. The number of pyridine rings is 1. The molecule has 11 heteroatoms. The zero-order valence-corrected chi connectivity index (χ0v) is 18.7. The lowest BCUT2D eigenvalue weighted by Crippen LogP contribution is -2.30. The number of thiophene rings is 2. The molecule has 164 valence electrons. The molecule has 0 radical (unpaired) electrons. The SMILES string of the molecule is CCOC(=O)c1c(-c2cccs2)csc1NC(=O)Cn1cc(C(=O)OC)cc(C#N)c1=O. The van der Waals surface area contributed by atoms with Gasteiger partial charge in [-0.25, -0.2) is 9.59 Å². The zero-order chi connectivity index (χ0) is 23.3. The number of carbonyl (C=O) groups excluding carboxylic acids is 3. The molecule has 0 aromatic carbocycles. The summed E-state index contributed by atoms with van der Waals surface area (Å²) in [7, 11) is 1.16. The minimum Gasteiger partial charge on any atom is -0.465 e.